The molecule has 0 aliphatic heterocycles. The van der Waals surface area contributed by atoms with Crippen LogP contribution in [0.25, 0.3) is 0 Å². The van der Waals surface area contributed by atoms with Crippen molar-refractivity contribution in [3.8, 4) is 0 Å². The van der Waals surface area contributed by atoms with E-state index in [-0.39, 0.29) is 0 Å². The Morgan fingerprint density at radius 3 is 2.42 bits per heavy atom. The molecule has 1 heteroatoms. The van der Waals surface area contributed by atoms with Gasteiger partial charge in [0.05, 0.1) is 0 Å². The fraction of sp³-hybridized carbons (Fsp3) is 0.636. The van der Waals surface area contributed by atoms with E-state index in [1.54, 1.807) is 0 Å². The Labute approximate surface area is 84.9 Å². The molecule has 0 unspecified atom stereocenters. The molecule has 0 amide bonds. The first-order valence-corrected chi connectivity index (χ1v) is 5.90. The molecule has 0 aromatic rings. The van der Waals surface area contributed by atoms with Crippen LogP contribution < -0.4 is 0 Å². The zero-order chi connectivity index (χ0) is 9.07. The van der Waals surface area contributed by atoms with E-state index in [1.807, 2.05) is 0 Å². The molecule has 0 spiro atoms. The molecule has 0 bridgehead atoms. The molecule has 0 aromatic carbocycles. The van der Waals surface area contributed by atoms with Gasteiger partial charge in [0.1, 0.15) is 0 Å². The van der Waals surface area contributed by atoms with Crippen molar-refractivity contribution in [1.29, 1.82) is 0 Å². The number of hydrogen-bond donors (Lipinski definition) is 0. The number of alkyl halides is 1. The maximum atomic E-state index is 3.34. The summed E-state index contributed by atoms with van der Waals surface area (Å²) in [7, 11) is 0. The van der Waals surface area contributed by atoms with Gasteiger partial charge < -0.3 is 0 Å². The van der Waals surface area contributed by atoms with E-state index in [0.29, 0.717) is 0 Å². The summed E-state index contributed by atoms with van der Waals surface area (Å²) < 4.78 is 0. The predicted molar refractivity (Wildman–Crippen MR) is 60.8 cm³/mol. The zero-order valence-corrected chi connectivity index (χ0v) is 9.52. The van der Waals surface area contributed by atoms with Gasteiger partial charge in [-0.15, -0.1) is 0 Å². The molecule has 0 N–H and O–H groups in total. The second-order valence-corrected chi connectivity index (χ2v) is 3.48. The van der Waals surface area contributed by atoms with Crippen molar-refractivity contribution >= 4 is 15.9 Å². The summed E-state index contributed by atoms with van der Waals surface area (Å²) in [6.07, 6.45) is 15.2. The lowest BCUT2D eigenvalue weighted by atomic mass is 10.2. The Morgan fingerprint density at radius 2 is 1.75 bits per heavy atom. The van der Waals surface area contributed by atoms with Crippen LogP contribution in [-0.2, 0) is 0 Å². The molecule has 0 saturated heterocycles. The minimum atomic E-state index is 0.969. The van der Waals surface area contributed by atoms with E-state index in [2.05, 4.69) is 47.2 Å². The number of rotatable bonds is 7. The lowest BCUT2D eigenvalue weighted by molar-refractivity contribution is 0.728. The standard InChI is InChI=1S/C11H19Br/c1-2-3-4-5-6-7-8-9-10-11-12/h6-7,9-10H,2-5,8,11H2,1H3/b7-6+,10-9+. The highest BCUT2D eigenvalue weighted by Crippen LogP contribution is 2.00. The second-order valence-electron chi connectivity index (χ2n) is 2.83. The average Bonchev–Trinajstić information content (AvgIpc) is 2.10. The Balaban J connectivity index is 3.08. The van der Waals surface area contributed by atoms with Crippen LogP contribution in [0.15, 0.2) is 24.3 Å². The van der Waals surface area contributed by atoms with Gasteiger partial charge in [0.15, 0.2) is 0 Å². The largest absolute Gasteiger partial charge is 0.0883 e. The molecule has 0 saturated carbocycles. The molecule has 12 heavy (non-hydrogen) atoms. The van der Waals surface area contributed by atoms with Gasteiger partial charge in [-0.25, -0.2) is 0 Å². The van der Waals surface area contributed by atoms with Crippen molar-refractivity contribution < 1.29 is 0 Å². The molecule has 0 aliphatic rings. The van der Waals surface area contributed by atoms with Crippen molar-refractivity contribution in [2.45, 2.75) is 39.0 Å². The summed E-state index contributed by atoms with van der Waals surface area (Å²) in [6.45, 7) is 2.24. The summed E-state index contributed by atoms with van der Waals surface area (Å²) in [5.41, 5.74) is 0. The number of hydrogen-bond acceptors (Lipinski definition) is 0. The Morgan fingerprint density at radius 1 is 1.00 bits per heavy atom. The third-order valence-corrected chi connectivity index (χ3v) is 2.04. The van der Waals surface area contributed by atoms with Gasteiger partial charge in [0.2, 0.25) is 0 Å². The summed E-state index contributed by atoms with van der Waals surface area (Å²) in [5, 5.41) is 0.969. The molecule has 0 aliphatic carbocycles. The number of unbranched alkanes of at least 4 members (excludes halogenated alkanes) is 3. The van der Waals surface area contributed by atoms with Crippen molar-refractivity contribution in [1.82, 2.24) is 0 Å². The average molecular weight is 231 g/mol. The molecule has 70 valence electrons. The molecule has 0 atom stereocenters. The fourth-order valence-corrected chi connectivity index (χ4v) is 1.23. The quantitative estimate of drug-likeness (QED) is 0.344. The normalized spacial score (nSPS) is 11.8. The van der Waals surface area contributed by atoms with Gasteiger partial charge in [-0.05, 0) is 19.3 Å². The first-order valence-electron chi connectivity index (χ1n) is 4.77. The van der Waals surface area contributed by atoms with E-state index in [9.17, 15) is 0 Å². The maximum Gasteiger partial charge on any atom is 0.0212 e. The van der Waals surface area contributed by atoms with Crippen LogP contribution >= 0.6 is 15.9 Å². The highest BCUT2D eigenvalue weighted by Gasteiger charge is 1.80. The van der Waals surface area contributed by atoms with Gasteiger partial charge in [-0.2, -0.15) is 0 Å². The monoisotopic (exact) mass is 230 g/mol. The summed E-state index contributed by atoms with van der Waals surface area (Å²) in [5.74, 6) is 0. The van der Waals surface area contributed by atoms with Crippen LogP contribution in [0.2, 0.25) is 0 Å². The van der Waals surface area contributed by atoms with Crippen LogP contribution in [0.1, 0.15) is 39.0 Å². The Bertz CT molecular complexity index is 125. The third-order valence-electron chi connectivity index (χ3n) is 1.67. The van der Waals surface area contributed by atoms with E-state index < -0.39 is 0 Å². The topological polar surface area (TPSA) is 0 Å². The molecule has 0 rings (SSSR count). The minimum absolute atomic E-state index is 0.969. The van der Waals surface area contributed by atoms with Gasteiger partial charge in [-0.1, -0.05) is 60.0 Å². The predicted octanol–water partition coefficient (Wildman–Crippen LogP) is 4.46. The third kappa shape index (κ3) is 9.96. The van der Waals surface area contributed by atoms with Crippen molar-refractivity contribution in [2.24, 2.45) is 0 Å². The van der Waals surface area contributed by atoms with Gasteiger partial charge >= 0.3 is 0 Å². The number of allylic oxidation sites excluding steroid dienone is 4. The lowest BCUT2D eigenvalue weighted by Gasteiger charge is -1.90. The molecule has 0 fully saturated rings. The van der Waals surface area contributed by atoms with Crippen LogP contribution in [0, 0.1) is 0 Å². The van der Waals surface area contributed by atoms with E-state index in [0.717, 1.165) is 11.8 Å². The number of halogens is 1. The highest BCUT2D eigenvalue weighted by atomic mass is 79.9. The Hall–Kier alpha value is -0.0400. The zero-order valence-electron chi connectivity index (χ0n) is 7.93. The van der Waals surface area contributed by atoms with Crippen molar-refractivity contribution in [2.75, 3.05) is 5.33 Å². The molecule has 0 aromatic heterocycles. The SMILES string of the molecule is CCCCC/C=C/C/C=C/CBr. The Kier molecular flexibility index (Phi) is 10.9. The molecular weight excluding hydrogens is 212 g/mol. The molecule has 0 nitrogen and oxygen atoms in total. The van der Waals surface area contributed by atoms with E-state index in [4.69, 9.17) is 0 Å². The van der Waals surface area contributed by atoms with Gasteiger partial charge in [0.25, 0.3) is 0 Å². The maximum absolute atomic E-state index is 3.34. The van der Waals surface area contributed by atoms with Crippen LogP contribution in [-0.4, -0.2) is 5.33 Å². The summed E-state index contributed by atoms with van der Waals surface area (Å²) >= 11 is 3.34. The van der Waals surface area contributed by atoms with Crippen LogP contribution in [0.3, 0.4) is 0 Å². The minimum Gasteiger partial charge on any atom is -0.0883 e. The van der Waals surface area contributed by atoms with Gasteiger partial charge in [0, 0.05) is 5.33 Å². The lowest BCUT2D eigenvalue weighted by Crippen LogP contribution is -1.70. The fourth-order valence-electron chi connectivity index (χ4n) is 0.964. The molecular formula is C11H19Br. The summed E-state index contributed by atoms with van der Waals surface area (Å²) in [6, 6.07) is 0. The van der Waals surface area contributed by atoms with Crippen molar-refractivity contribution in [3.63, 3.8) is 0 Å². The smallest absolute Gasteiger partial charge is 0.0212 e. The molecule has 0 radical (unpaired) electrons. The van der Waals surface area contributed by atoms with Crippen LogP contribution in [0.5, 0.6) is 0 Å². The second kappa shape index (κ2) is 11.0. The highest BCUT2D eigenvalue weighted by molar-refractivity contribution is 9.09. The van der Waals surface area contributed by atoms with E-state index >= 15 is 0 Å². The first kappa shape index (κ1) is 12.0. The van der Waals surface area contributed by atoms with Gasteiger partial charge in [-0.3, -0.25) is 0 Å². The molecule has 0 heterocycles. The summed E-state index contributed by atoms with van der Waals surface area (Å²) in [4.78, 5) is 0. The first-order chi connectivity index (χ1) is 5.91. The van der Waals surface area contributed by atoms with Crippen molar-refractivity contribution in [3.05, 3.63) is 24.3 Å². The van der Waals surface area contributed by atoms with E-state index in [1.165, 1.54) is 25.7 Å². The van der Waals surface area contributed by atoms with Crippen LogP contribution in [0.4, 0.5) is 0 Å².